The van der Waals surface area contributed by atoms with Gasteiger partial charge in [0.25, 0.3) is 0 Å². The van der Waals surface area contributed by atoms with E-state index in [2.05, 4.69) is 20.7 Å². The van der Waals surface area contributed by atoms with Crippen LogP contribution in [0.5, 0.6) is 0 Å². The van der Waals surface area contributed by atoms with Crippen LogP contribution in [0.4, 0.5) is 0 Å². The molecule has 0 spiro atoms. The maximum Gasteiger partial charge on any atom is 0.456 e. The van der Waals surface area contributed by atoms with Crippen LogP contribution in [0.2, 0.25) is 0 Å². The Morgan fingerprint density at radius 3 is 1.55 bits per heavy atom. The zero-order chi connectivity index (χ0) is 9.12. The van der Waals surface area contributed by atoms with Crippen LogP contribution in [0.1, 0.15) is 0 Å². The zero-order valence-corrected chi connectivity index (χ0v) is 7.63. The summed E-state index contributed by atoms with van der Waals surface area (Å²) >= 11 is 3.60. The van der Waals surface area contributed by atoms with Gasteiger partial charge in [0.1, 0.15) is 0 Å². The van der Waals surface area contributed by atoms with Gasteiger partial charge < -0.3 is 28.5 Å². The smallest absolute Gasteiger partial charge is 0.325 e. The van der Waals surface area contributed by atoms with Crippen molar-refractivity contribution in [2.24, 2.45) is 0 Å². The summed E-state index contributed by atoms with van der Waals surface area (Å²) in [6, 6.07) is 0. The quantitative estimate of drug-likeness (QED) is 0.291. The largest absolute Gasteiger partial charge is 0.456 e. The van der Waals surface area contributed by atoms with Gasteiger partial charge in [-0.05, 0) is 11.8 Å². The topological polar surface area (TPSA) is 116 Å². The standard InChI is InChI=1S/BH2O4P.H3O3PS/c2-6(3)4-1-5-6;1-4(2,3)5/h1H,(H,2,3);(H3,1,2,3,5). The zero-order valence-electron chi connectivity index (χ0n) is 5.02. The lowest BCUT2D eigenvalue weighted by molar-refractivity contribution is 0.222. The predicted molar refractivity (Wildman–Crippen MR) is 40.1 cm³/mol. The fourth-order valence-electron chi connectivity index (χ4n) is 0.143. The molecule has 0 aliphatic carbocycles. The molecular weight excluding hydrogens is 217 g/mol. The Labute approximate surface area is 67.8 Å². The molecule has 0 aromatic rings. The first-order valence-corrected chi connectivity index (χ1v) is 6.26. The highest BCUT2D eigenvalue weighted by molar-refractivity contribution is 8.06. The van der Waals surface area contributed by atoms with E-state index in [0.29, 0.717) is 0 Å². The van der Waals surface area contributed by atoms with E-state index < -0.39 is 14.5 Å². The Bertz CT molecular complexity index is 190. The number of phosphoric acid groups is 1. The molecule has 7 nitrogen and oxygen atoms in total. The van der Waals surface area contributed by atoms with E-state index in [4.69, 9.17) is 19.6 Å². The molecule has 4 N–H and O–H groups in total. The number of rotatable bonds is 0. The Hall–Kier alpha value is 0.705. The molecule has 1 aliphatic rings. The van der Waals surface area contributed by atoms with Gasteiger partial charge in [0, 0.05) is 0 Å². The van der Waals surface area contributed by atoms with Crippen molar-refractivity contribution in [2.75, 3.05) is 0 Å². The maximum atomic E-state index is 9.78. The van der Waals surface area contributed by atoms with Crippen LogP contribution in [0.3, 0.4) is 0 Å². The lowest BCUT2D eigenvalue weighted by Crippen LogP contribution is -2.12. The highest BCUT2D eigenvalue weighted by atomic mass is 32.5. The Kier molecular flexibility index (Phi) is 4.35. The van der Waals surface area contributed by atoms with Crippen LogP contribution < -0.4 is 0 Å². The van der Waals surface area contributed by atoms with Gasteiger partial charge in [0.2, 0.25) is 0 Å². The molecule has 0 aromatic carbocycles. The Balaban J connectivity index is 0.000000187. The normalized spacial score (nSPS) is 20.4. The van der Waals surface area contributed by atoms with E-state index in [1.54, 1.807) is 0 Å². The molecule has 0 atom stereocenters. The molecule has 0 amide bonds. The first-order chi connectivity index (χ1) is 4.71. The molecule has 1 saturated heterocycles. The summed E-state index contributed by atoms with van der Waals surface area (Å²) in [4.78, 5) is 30.7. The van der Waals surface area contributed by atoms with Gasteiger partial charge >= 0.3 is 22.2 Å². The Morgan fingerprint density at radius 1 is 1.36 bits per heavy atom. The summed E-state index contributed by atoms with van der Waals surface area (Å²) in [6.45, 7) is -3.81. The van der Waals surface area contributed by atoms with Crippen LogP contribution in [0.25, 0.3) is 0 Å². The van der Waals surface area contributed by atoms with Gasteiger partial charge in [0.05, 0.1) is 0 Å². The Morgan fingerprint density at radius 2 is 1.55 bits per heavy atom. The summed E-state index contributed by atoms with van der Waals surface area (Å²) in [5.41, 5.74) is 0. The van der Waals surface area contributed by atoms with E-state index in [9.17, 15) is 4.57 Å². The second kappa shape index (κ2) is 4.09. The van der Waals surface area contributed by atoms with Crippen molar-refractivity contribution in [1.29, 1.82) is 0 Å². The summed E-state index contributed by atoms with van der Waals surface area (Å²) in [5.74, 6) is 0. The molecule has 1 rings (SSSR count). The van der Waals surface area contributed by atoms with Gasteiger partial charge in [-0.15, -0.1) is 0 Å². The second-order valence-electron chi connectivity index (χ2n) is 1.36. The number of hydrogen-bond donors (Lipinski definition) is 4. The molecule has 0 aromatic heterocycles. The molecule has 0 unspecified atom stereocenters. The SMILES string of the molecule is O=P1(O)OBO1.OP(O)(O)=S. The molecule has 66 valence electrons. The fraction of sp³-hybridized carbons (Fsp3) is 0. The second-order valence-corrected chi connectivity index (χ2v) is 5.31. The summed E-state index contributed by atoms with van der Waals surface area (Å²) in [7, 11) is -3.51. The molecule has 1 heterocycles. The molecule has 1 fully saturated rings. The van der Waals surface area contributed by atoms with Crippen molar-refractivity contribution >= 4 is 34.0 Å². The number of hydrogen-bond acceptors (Lipinski definition) is 4. The monoisotopic (exact) mass is 222 g/mol. The fourth-order valence-corrected chi connectivity index (χ4v) is 0.429. The molecule has 0 radical (unpaired) electrons. The van der Waals surface area contributed by atoms with Crippen LogP contribution in [-0.2, 0) is 25.3 Å². The lowest BCUT2D eigenvalue weighted by Gasteiger charge is -2.17. The molecule has 1 aliphatic heterocycles. The van der Waals surface area contributed by atoms with Crippen LogP contribution in [-0.4, -0.2) is 27.3 Å². The predicted octanol–water partition coefficient (Wildman–Crippen LogP) is -1.41. The molecular formula is H5BO7P2S. The van der Waals surface area contributed by atoms with Gasteiger partial charge in [-0.25, -0.2) is 4.57 Å². The summed E-state index contributed by atoms with van der Waals surface area (Å²) in [5, 5.41) is 0. The highest BCUT2D eigenvalue weighted by Gasteiger charge is 2.31. The minimum absolute atomic E-state index is 0.0478. The lowest BCUT2D eigenvalue weighted by atomic mass is 10.4. The third kappa shape index (κ3) is 10.7. The van der Waals surface area contributed by atoms with E-state index >= 15 is 0 Å². The van der Waals surface area contributed by atoms with Crippen LogP contribution in [0, 0.1) is 0 Å². The first kappa shape index (κ1) is 11.7. The average Bonchev–Trinajstić information content (AvgIpc) is 1.57. The van der Waals surface area contributed by atoms with Gasteiger partial charge in [0.15, 0.2) is 0 Å². The summed E-state index contributed by atoms with van der Waals surface area (Å²) < 4.78 is 17.8. The average molecular weight is 222 g/mol. The molecule has 0 bridgehead atoms. The third-order valence-corrected chi connectivity index (χ3v) is 1.30. The van der Waals surface area contributed by atoms with Crippen LogP contribution in [0.15, 0.2) is 0 Å². The van der Waals surface area contributed by atoms with Crippen molar-refractivity contribution in [3.05, 3.63) is 0 Å². The van der Waals surface area contributed by atoms with Crippen molar-refractivity contribution < 1.29 is 33.0 Å². The van der Waals surface area contributed by atoms with Crippen LogP contribution >= 0.6 is 14.5 Å². The van der Waals surface area contributed by atoms with Gasteiger partial charge in [-0.1, -0.05) is 0 Å². The minimum Gasteiger partial charge on any atom is -0.325 e. The van der Waals surface area contributed by atoms with E-state index in [-0.39, 0.29) is 7.69 Å². The highest BCUT2D eigenvalue weighted by Crippen LogP contribution is 2.49. The molecule has 11 heavy (non-hydrogen) atoms. The van der Waals surface area contributed by atoms with Crippen molar-refractivity contribution in [3.63, 3.8) is 0 Å². The van der Waals surface area contributed by atoms with Gasteiger partial charge in [-0.3, -0.25) is 0 Å². The maximum absolute atomic E-state index is 9.78. The van der Waals surface area contributed by atoms with Crippen molar-refractivity contribution in [3.8, 4) is 0 Å². The van der Waals surface area contributed by atoms with Crippen molar-refractivity contribution in [2.45, 2.75) is 0 Å². The van der Waals surface area contributed by atoms with E-state index in [1.807, 2.05) is 0 Å². The van der Waals surface area contributed by atoms with E-state index in [1.165, 1.54) is 0 Å². The van der Waals surface area contributed by atoms with E-state index in [0.717, 1.165) is 0 Å². The molecule has 11 heteroatoms. The third-order valence-electron chi connectivity index (χ3n) is 0.432. The molecule has 0 saturated carbocycles. The van der Waals surface area contributed by atoms with Gasteiger partial charge in [-0.2, -0.15) is 0 Å². The minimum atomic E-state index is -3.81. The van der Waals surface area contributed by atoms with Crippen molar-refractivity contribution in [1.82, 2.24) is 0 Å². The first-order valence-electron chi connectivity index (χ1n) is 2.11. The summed E-state index contributed by atoms with van der Waals surface area (Å²) in [6.07, 6.45) is 0.